The minimum atomic E-state index is 0. The molecule has 0 aliphatic carbocycles. The quantitative estimate of drug-likeness (QED) is 0.321. The number of fused-ring (bicyclic) bond motifs is 1. The summed E-state index contributed by atoms with van der Waals surface area (Å²) in [6.07, 6.45) is 0.851. The summed E-state index contributed by atoms with van der Waals surface area (Å²) in [6.45, 7) is 4.36. The second-order valence-electron chi connectivity index (χ2n) is 6.21. The highest BCUT2D eigenvalue weighted by molar-refractivity contribution is 14.0. The largest absolute Gasteiger partial charge is 0.493 e. The van der Waals surface area contributed by atoms with Crippen LogP contribution in [0.1, 0.15) is 18.1 Å². The van der Waals surface area contributed by atoms with Crippen LogP contribution < -0.4 is 29.6 Å². The molecule has 0 saturated heterocycles. The average molecular weight is 513 g/mol. The van der Waals surface area contributed by atoms with E-state index < -0.39 is 0 Å². The van der Waals surface area contributed by atoms with Crippen LogP contribution in [-0.2, 0) is 13.0 Å². The Labute approximate surface area is 188 Å². The van der Waals surface area contributed by atoms with E-state index >= 15 is 0 Å². The highest BCUT2D eigenvalue weighted by atomic mass is 127. The van der Waals surface area contributed by atoms with Crippen LogP contribution in [0.25, 0.3) is 0 Å². The normalized spacial score (nSPS) is 12.2. The first-order chi connectivity index (χ1) is 13.7. The van der Waals surface area contributed by atoms with Crippen molar-refractivity contribution in [1.82, 2.24) is 10.6 Å². The monoisotopic (exact) mass is 513 g/mol. The molecule has 0 spiro atoms. The lowest BCUT2D eigenvalue weighted by Gasteiger charge is -2.13. The number of methoxy groups -OCH3 is 2. The minimum absolute atomic E-state index is 0. The van der Waals surface area contributed by atoms with Crippen LogP contribution in [0.3, 0.4) is 0 Å². The molecule has 2 aromatic carbocycles. The van der Waals surface area contributed by atoms with Crippen molar-refractivity contribution in [3.05, 3.63) is 47.5 Å². The topological polar surface area (TPSA) is 73.3 Å². The highest BCUT2D eigenvalue weighted by Crippen LogP contribution is 2.32. The van der Waals surface area contributed by atoms with Crippen LogP contribution >= 0.6 is 24.0 Å². The molecule has 0 saturated carbocycles. The zero-order chi connectivity index (χ0) is 19.8. The molecule has 1 heterocycles. The molecule has 0 atom stereocenters. The van der Waals surface area contributed by atoms with E-state index in [1.165, 1.54) is 5.56 Å². The van der Waals surface area contributed by atoms with Crippen molar-refractivity contribution in [2.75, 3.05) is 34.1 Å². The highest BCUT2D eigenvalue weighted by Gasteiger charge is 2.13. The molecule has 29 heavy (non-hydrogen) atoms. The van der Waals surface area contributed by atoms with Crippen LogP contribution in [0.15, 0.2) is 41.4 Å². The fraction of sp³-hybridized carbons (Fsp3) is 0.381. The number of rotatable bonds is 8. The van der Waals surface area contributed by atoms with Gasteiger partial charge in [-0.2, -0.15) is 0 Å². The predicted molar refractivity (Wildman–Crippen MR) is 124 cm³/mol. The lowest BCUT2D eigenvalue weighted by molar-refractivity contribution is 0.174. The molecule has 2 N–H and O–H groups in total. The number of halogens is 1. The van der Waals surface area contributed by atoms with Crippen LogP contribution in [0.5, 0.6) is 23.0 Å². The third kappa shape index (κ3) is 6.06. The molecule has 2 aromatic rings. The van der Waals surface area contributed by atoms with Crippen molar-refractivity contribution in [2.45, 2.75) is 19.9 Å². The van der Waals surface area contributed by atoms with Gasteiger partial charge < -0.3 is 29.6 Å². The summed E-state index contributed by atoms with van der Waals surface area (Å²) >= 11 is 0. The minimum Gasteiger partial charge on any atom is -0.493 e. The van der Waals surface area contributed by atoms with E-state index in [1.807, 2.05) is 37.3 Å². The second-order valence-corrected chi connectivity index (χ2v) is 6.21. The number of para-hydroxylation sites is 1. The van der Waals surface area contributed by atoms with Gasteiger partial charge in [0.25, 0.3) is 0 Å². The van der Waals surface area contributed by atoms with Crippen molar-refractivity contribution in [2.24, 2.45) is 4.99 Å². The molecule has 0 aromatic heterocycles. The number of hydrogen-bond acceptors (Lipinski definition) is 5. The molecule has 1 aliphatic rings. The van der Waals surface area contributed by atoms with Crippen LogP contribution in [0.4, 0.5) is 0 Å². The van der Waals surface area contributed by atoms with E-state index in [4.69, 9.17) is 18.9 Å². The van der Waals surface area contributed by atoms with Crippen LogP contribution in [0.2, 0.25) is 0 Å². The molecule has 0 fully saturated rings. The van der Waals surface area contributed by atoms with Gasteiger partial charge in [0.2, 0.25) is 6.79 Å². The van der Waals surface area contributed by atoms with Crippen molar-refractivity contribution >= 4 is 29.9 Å². The van der Waals surface area contributed by atoms with E-state index in [2.05, 4.69) is 21.7 Å². The maximum atomic E-state index is 5.48. The summed E-state index contributed by atoms with van der Waals surface area (Å²) in [6, 6.07) is 11.8. The summed E-state index contributed by atoms with van der Waals surface area (Å²) in [7, 11) is 3.27. The molecule has 158 valence electrons. The van der Waals surface area contributed by atoms with Crippen LogP contribution in [0, 0.1) is 0 Å². The van der Waals surface area contributed by atoms with Crippen LogP contribution in [-0.4, -0.2) is 40.1 Å². The van der Waals surface area contributed by atoms with E-state index in [0.29, 0.717) is 24.8 Å². The van der Waals surface area contributed by atoms with E-state index in [-0.39, 0.29) is 24.0 Å². The smallest absolute Gasteiger partial charge is 0.231 e. The Morgan fingerprint density at radius 1 is 1.07 bits per heavy atom. The molecule has 0 unspecified atom stereocenters. The molecule has 1 aliphatic heterocycles. The van der Waals surface area contributed by atoms with Gasteiger partial charge in [-0.05, 0) is 37.1 Å². The zero-order valence-corrected chi connectivity index (χ0v) is 19.3. The average Bonchev–Trinajstić information content (AvgIpc) is 3.19. The Morgan fingerprint density at radius 3 is 2.66 bits per heavy atom. The van der Waals surface area contributed by atoms with Crippen molar-refractivity contribution in [3.8, 4) is 23.0 Å². The van der Waals surface area contributed by atoms with E-state index in [9.17, 15) is 0 Å². The lowest BCUT2D eigenvalue weighted by Crippen LogP contribution is -2.38. The zero-order valence-electron chi connectivity index (χ0n) is 17.0. The first kappa shape index (κ1) is 22.9. The fourth-order valence-electron chi connectivity index (χ4n) is 3.01. The Morgan fingerprint density at radius 2 is 1.90 bits per heavy atom. The number of hydrogen-bond donors (Lipinski definition) is 2. The Balaban J connectivity index is 0.00000300. The number of aliphatic imine (C=N–C) groups is 1. The SMILES string of the molecule is CCNC(=NCc1cccc(OC)c1OC)NCCc1ccc2c(c1)OCO2.I. The van der Waals surface area contributed by atoms with Gasteiger partial charge in [0, 0.05) is 18.7 Å². The van der Waals surface area contributed by atoms with Gasteiger partial charge in [-0.3, -0.25) is 0 Å². The van der Waals surface area contributed by atoms with Gasteiger partial charge in [-0.25, -0.2) is 4.99 Å². The molecular formula is C21H28IN3O4. The van der Waals surface area contributed by atoms with Gasteiger partial charge in [-0.15, -0.1) is 24.0 Å². The maximum Gasteiger partial charge on any atom is 0.231 e. The van der Waals surface area contributed by atoms with Gasteiger partial charge in [0.05, 0.1) is 20.8 Å². The van der Waals surface area contributed by atoms with E-state index in [1.54, 1.807) is 14.2 Å². The summed E-state index contributed by atoms with van der Waals surface area (Å²) in [5.41, 5.74) is 2.15. The number of ether oxygens (including phenoxy) is 4. The second kappa shape index (κ2) is 11.6. The molecule has 0 bridgehead atoms. The van der Waals surface area contributed by atoms with E-state index in [0.717, 1.165) is 42.5 Å². The molecule has 3 rings (SSSR count). The first-order valence-corrected chi connectivity index (χ1v) is 9.35. The van der Waals surface area contributed by atoms with Gasteiger partial charge in [0.1, 0.15) is 0 Å². The lowest BCUT2D eigenvalue weighted by atomic mass is 10.1. The number of guanidine groups is 1. The third-order valence-corrected chi connectivity index (χ3v) is 4.38. The number of nitrogens with one attached hydrogen (secondary N) is 2. The molecule has 7 nitrogen and oxygen atoms in total. The Kier molecular flexibility index (Phi) is 9.17. The fourth-order valence-corrected chi connectivity index (χ4v) is 3.01. The maximum absolute atomic E-state index is 5.48. The van der Waals surface area contributed by atoms with Gasteiger partial charge in [0.15, 0.2) is 29.0 Å². The summed E-state index contributed by atoms with van der Waals surface area (Å²) in [4.78, 5) is 4.67. The van der Waals surface area contributed by atoms with Crippen molar-refractivity contribution in [1.29, 1.82) is 0 Å². The Bertz CT molecular complexity index is 830. The third-order valence-electron chi connectivity index (χ3n) is 4.38. The summed E-state index contributed by atoms with van der Waals surface area (Å²) in [5.74, 6) is 3.79. The molecule has 8 heteroatoms. The summed E-state index contributed by atoms with van der Waals surface area (Å²) < 4.78 is 21.6. The van der Waals surface area contributed by atoms with Gasteiger partial charge in [-0.1, -0.05) is 18.2 Å². The number of nitrogens with zero attached hydrogens (tertiary/aromatic N) is 1. The summed E-state index contributed by atoms with van der Waals surface area (Å²) in [5, 5.41) is 6.64. The van der Waals surface area contributed by atoms with Crippen molar-refractivity contribution < 1.29 is 18.9 Å². The van der Waals surface area contributed by atoms with Gasteiger partial charge >= 0.3 is 0 Å². The first-order valence-electron chi connectivity index (χ1n) is 9.35. The molecule has 0 radical (unpaired) electrons. The molecular weight excluding hydrogens is 485 g/mol. The molecule has 0 amide bonds. The van der Waals surface area contributed by atoms with Crippen molar-refractivity contribution in [3.63, 3.8) is 0 Å². The predicted octanol–water partition coefficient (Wildman–Crippen LogP) is 3.35. The number of benzene rings is 2. The Hall–Kier alpha value is -2.36. The standard InChI is InChI=1S/C21H27N3O4.HI/c1-4-22-21(24-13-16-6-5-7-18(25-2)20(16)26-3)23-11-10-15-8-9-17-19(12-15)28-14-27-17;/h5-9,12H,4,10-11,13-14H2,1-3H3,(H2,22,23,24);1H.